The van der Waals surface area contributed by atoms with E-state index in [4.69, 9.17) is 0 Å². The van der Waals surface area contributed by atoms with Crippen LogP contribution in [0.1, 0.15) is 34.6 Å². The predicted octanol–water partition coefficient (Wildman–Crippen LogP) is 3.43. The van der Waals surface area contributed by atoms with Crippen molar-refractivity contribution in [2.75, 3.05) is 0 Å². The molecule has 0 saturated heterocycles. The minimum absolute atomic E-state index is 0. The minimum atomic E-state index is 0. The highest BCUT2D eigenvalue weighted by Gasteiger charge is 3.08. The molecular formula is C14H22. The average Bonchev–Trinajstić information content (AvgIpc) is 2.82. The lowest BCUT2D eigenvalue weighted by Crippen LogP contribution is -2.56. The summed E-state index contributed by atoms with van der Waals surface area (Å²) in [5.41, 5.74) is 1.91. The average molecular weight is 190 g/mol. The first-order chi connectivity index (χ1) is 6.24. The zero-order valence-electron chi connectivity index (χ0n) is 8.75. The Morgan fingerprint density at radius 3 is 1.64 bits per heavy atom. The largest absolute Gasteiger partial charge is 0.0776 e. The van der Waals surface area contributed by atoms with Crippen LogP contribution < -0.4 is 0 Å². The molecule has 0 N–H and O–H groups in total. The van der Waals surface area contributed by atoms with Crippen LogP contribution in [0.15, 0.2) is 0 Å². The molecule has 78 valence electrons. The first-order valence-corrected chi connectivity index (χ1v) is 6.24. The summed E-state index contributed by atoms with van der Waals surface area (Å²) in [6.45, 7) is 7.42. The summed E-state index contributed by atoms with van der Waals surface area (Å²) in [5, 5.41) is 0. The van der Waals surface area contributed by atoms with Crippen molar-refractivity contribution in [2.24, 2.45) is 52.3 Å². The van der Waals surface area contributed by atoms with Gasteiger partial charge >= 0.3 is 0 Å². The number of rotatable bonds is 2. The van der Waals surface area contributed by atoms with E-state index in [1.54, 1.807) is 0 Å². The van der Waals surface area contributed by atoms with Crippen molar-refractivity contribution in [3.63, 3.8) is 0 Å². The Labute approximate surface area is 87.5 Å². The third-order valence-corrected chi connectivity index (χ3v) is 7.31. The second-order valence-corrected chi connectivity index (χ2v) is 6.78. The van der Waals surface area contributed by atoms with E-state index in [9.17, 15) is 0 Å². The molecule has 0 radical (unpaired) electrons. The number of hydrogen-bond donors (Lipinski definition) is 0. The molecule has 0 bridgehead atoms. The van der Waals surface area contributed by atoms with Crippen LogP contribution in [0.25, 0.3) is 0 Å². The molecule has 0 aliphatic heterocycles. The second-order valence-electron chi connectivity index (χ2n) is 6.78. The third-order valence-electron chi connectivity index (χ3n) is 7.31. The molecule has 6 rings (SSSR count). The Morgan fingerprint density at radius 2 is 1.36 bits per heavy atom. The summed E-state index contributed by atoms with van der Waals surface area (Å²) in [4.78, 5) is 0. The van der Waals surface area contributed by atoms with E-state index in [2.05, 4.69) is 20.8 Å². The topological polar surface area (TPSA) is 0 Å². The normalized spacial score (nSPS) is 77.1. The van der Waals surface area contributed by atoms with Crippen LogP contribution in [-0.2, 0) is 0 Å². The molecular weight excluding hydrogens is 168 g/mol. The molecule has 0 nitrogen and oxygen atoms in total. The van der Waals surface area contributed by atoms with Crippen LogP contribution in [0.2, 0.25) is 0 Å². The van der Waals surface area contributed by atoms with Crippen molar-refractivity contribution in [2.45, 2.75) is 34.6 Å². The summed E-state index contributed by atoms with van der Waals surface area (Å²) in [6.07, 6.45) is 1.52. The molecule has 8 atom stereocenters. The van der Waals surface area contributed by atoms with Gasteiger partial charge < -0.3 is 0 Å². The molecule has 0 spiro atoms. The van der Waals surface area contributed by atoms with Gasteiger partial charge in [0.15, 0.2) is 0 Å². The summed E-state index contributed by atoms with van der Waals surface area (Å²) in [7, 11) is 0. The fraction of sp³-hybridized carbons (Fsp3) is 1.00. The molecule has 8 unspecified atom stereocenters. The first-order valence-electron chi connectivity index (χ1n) is 6.24. The Kier molecular flexibility index (Phi) is 0.947. The lowest BCUT2D eigenvalue weighted by atomic mass is 9.45. The Bertz CT molecular complexity index is 332. The molecule has 14 heavy (non-hydrogen) atoms. The molecule has 6 saturated carbocycles. The van der Waals surface area contributed by atoms with Crippen molar-refractivity contribution < 1.29 is 0 Å². The van der Waals surface area contributed by atoms with Gasteiger partial charge in [-0.05, 0) is 58.7 Å². The van der Waals surface area contributed by atoms with Crippen LogP contribution in [0.5, 0.6) is 0 Å². The highest BCUT2D eigenvalue weighted by molar-refractivity contribution is 5.54. The predicted molar refractivity (Wildman–Crippen MR) is 57.7 cm³/mol. The van der Waals surface area contributed by atoms with E-state index in [-0.39, 0.29) is 7.43 Å². The molecule has 0 amide bonds. The summed E-state index contributed by atoms with van der Waals surface area (Å²) < 4.78 is 0. The van der Waals surface area contributed by atoms with Gasteiger partial charge in [0.1, 0.15) is 0 Å². The van der Waals surface area contributed by atoms with Gasteiger partial charge in [-0.15, -0.1) is 0 Å². The molecule has 0 aromatic carbocycles. The van der Waals surface area contributed by atoms with Crippen LogP contribution in [0.4, 0.5) is 0 Å². The van der Waals surface area contributed by atoms with Gasteiger partial charge in [-0.1, -0.05) is 28.2 Å². The van der Waals surface area contributed by atoms with Gasteiger partial charge in [-0.3, -0.25) is 0 Å². The van der Waals surface area contributed by atoms with E-state index >= 15 is 0 Å². The molecule has 0 heterocycles. The van der Waals surface area contributed by atoms with Gasteiger partial charge in [-0.25, -0.2) is 0 Å². The van der Waals surface area contributed by atoms with E-state index in [0.29, 0.717) is 0 Å². The smallest absolute Gasteiger partial charge is 0.0172 e. The molecule has 0 aromatic heterocycles. The lowest BCUT2D eigenvalue weighted by molar-refractivity contribution is -0.128. The van der Waals surface area contributed by atoms with Gasteiger partial charge in [0, 0.05) is 0 Å². The van der Waals surface area contributed by atoms with Crippen molar-refractivity contribution in [1.29, 1.82) is 0 Å². The van der Waals surface area contributed by atoms with Crippen molar-refractivity contribution in [3.05, 3.63) is 0 Å². The standard InChI is InChI=1S/C13H18.CH4/c1-4-12-6-7(12)10-11-8(12)9(6)13(10,11)5(2)3;/h5-11H,4H2,1-3H3;1H4. The van der Waals surface area contributed by atoms with Crippen LogP contribution in [0, 0.1) is 52.3 Å². The lowest BCUT2D eigenvalue weighted by Gasteiger charge is -2.59. The summed E-state index contributed by atoms with van der Waals surface area (Å²) >= 11 is 0. The van der Waals surface area contributed by atoms with Crippen molar-refractivity contribution in [1.82, 2.24) is 0 Å². The zero-order chi connectivity index (χ0) is 8.75. The van der Waals surface area contributed by atoms with Gasteiger partial charge in [-0.2, -0.15) is 0 Å². The fourth-order valence-electron chi connectivity index (χ4n) is 7.44. The van der Waals surface area contributed by atoms with Crippen LogP contribution >= 0.6 is 0 Å². The van der Waals surface area contributed by atoms with E-state index < -0.39 is 0 Å². The van der Waals surface area contributed by atoms with E-state index in [0.717, 1.165) is 16.7 Å². The van der Waals surface area contributed by atoms with Crippen LogP contribution in [-0.4, -0.2) is 0 Å². The van der Waals surface area contributed by atoms with E-state index in [1.807, 2.05) is 0 Å². The third kappa shape index (κ3) is 0.344. The fourth-order valence-corrected chi connectivity index (χ4v) is 7.44. The quantitative estimate of drug-likeness (QED) is 0.626. The Morgan fingerprint density at radius 1 is 0.929 bits per heavy atom. The minimum Gasteiger partial charge on any atom is -0.0776 e. The van der Waals surface area contributed by atoms with E-state index in [1.165, 1.54) is 41.9 Å². The van der Waals surface area contributed by atoms with Crippen molar-refractivity contribution >= 4 is 0 Å². The summed E-state index contributed by atoms with van der Waals surface area (Å²) in [5.74, 6) is 8.48. The molecule has 0 aromatic rings. The van der Waals surface area contributed by atoms with Gasteiger partial charge in [0.2, 0.25) is 0 Å². The maximum absolute atomic E-state index is 2.49. The molecule has 6 aliphatic rings. The van der Waals surface area contributed by atoms with Gasteiger partial charge in [0.25, 0.3) is 0 Å². The van der Waals surface area contributed by atoms with Gasteiger partial charge in [0.05, 0.1) is 0 Å². The maximum atomic E-state index is 2.49. The van der Waals surface area contributed by atoms with Crippen molar-refractivity contribution in [3.8, 4) is 0 Å². The maximum Gasteiger partial charge on any atom is -0.0172 e. The Balaban J connectivity index is 0.000000578. The Hall–Kier alpha value is 0. The SMILES string of the molecule is C.CCC12C3C1C1C4C2C3C14C(C)C. The molecule has 6 aliphatic carbocycles. The monoisotopic (exact) mass is 190 g/mol. The number of hydrogen-bond acceptors (Lipinski definition) is 0. The summed E-state index contributed by atoms with van der Waals surface area (Å²) in [6, 6.07) is 0. The zero-order valence-corrected chi connectivity index (χ0v) is 8.75. The highest BCUT2D eigenvalue weighted by Crippen LogP contribution is 3.11. The molecule has 0 heteroatoms. The first kappa shape index (κ1) is 8.19. The molecule has 6 fully saturated rings. The highest BCUT2D eigenvalue weighted by atomic mass is 15.1. The van der Waals surface area contributed by atoms with Crippen LogP contribution in [0.3, 0.4) is 0 Å². The second kappa shape index (κ2) is 1.62.